The van der Waals surface area contributed by atoms with Gasteiger partial charge in [-0.15, -0.1) is 0 Å². The molecule has 0 aliphatic carbocycles. The van der Waals surface area contributed by atoms with Gasteiger partial charge >= 0.3 is 0 Å². The maximum absolute atomic E-state index is 12.5. The molecule has 2 N–H and O–H groups in total. The zero-order chi connectivity index (χ0) is 19.6. The van der Waals surface area contributed by atoms with Crippen LogP contribution in [-0.4, -0.2) is 24.2 Å². The zero-order valence-electron chi connectivity index (χ0n) is 15.1. The summed E-state index contributed by atoms with van der Waals surface area (Å²) in [5.74, 6) is 1.60. The molecule has 144 valence electrons. The number of hydrogen-bond acceptors (Lipinski definition) is 5. The Bertz CT molecular complexity index is 898. The van der Waals surface area contributed by atoms with E-state index in [0.717, 1.165) is 11.5 Å². The molecule has 0 bridgehead atoms. The van der Waals surface area contributed by atoms with Crippen LogP contribution < -0.4 is 20.1 Å². The Morgan fingerprint density at radius 1 is 0.929 bits per heavy atom. The van der Waals surface area contributed by atoms with Gasteiger partial charge in [0.2, 0.25) is 0 Å². The largest absolute Gasteiger partial charge is 0.490 e. The first kappa shape index (κ1) is 19.4. The molecule has 0 atom stereocenters. The molecule has 0 unspecified atom stereocenters. The lowest BCUT2D eigenvalue weighted by molar-refractivity contribution is 0.0971. The molecular weight excluding hydrogens is 376 g/mol. The van der Waals surface area contributed by atoms with Crippen molar-refractivity contribution in [3.8, 4) is 11.5 Å². The minimum Gasteiger partial charge on any atom is -0.490 e. The fraction of sp³-hybridized carbons (Fsp3) is 0.143. The standard InChI is InChI=1S/C21H20N2O4S/c24-20(23-21(28)22-15-17-9-6-12-25-17)18-10-4-5-11-19(18)27-14-13-26-16-7-2-1-3-8-16/h1-12H,13-15H2,(H2,22,23,24,28). The summed E-state index contributed by atoms with van der Waals surface area (Å²) < 4.78 is 16.5. The van der Waals surface area contributed by atoms with Crippen molar-refractivity contribution in [1.29, 1.82) is 0 Å². The molecule has 1 amide bonds. The quantitative estimate of drug-likeness (QED) is 0.448. The summed E-state index contributed by atoms with van der Waals surface area (Å²) in [7, 11) is 0. The first-order chi connectivity index (χ1) is 13.7. The Balaban J connectivity index is 1.49. The number of nitrogens with one attached hydrogen (secondary N) is 2. The van der Waals surface area contributed by atoms with Crippen LogP contribution >= 0.6 is 12.2 Å². The highest BCUT2D eigenvalue weighted by Gasteiger charge is 2.13. The molecule has 0 radical (unpaired) electrons. The highest BCUT2D eigenvalue weighted by atomic mass is 32.1. The predicted octanol–water partition coefficient (Wildman–Crippen LogP) is 3.54. The molecule has 3 rings (SSSR count). The number of ether oxygens (including phenoxy) is 2. The van der Waals surface area contributed by atoms with Gasteiger partial charge in [-0.25, -0.2) is 0 Å². The SMILES string of the molecule is O=C(NC(=S)NCc1ccco1)c1ccccc1OCCOc1ccccc1. The molecular formula is C21H20N2O4S. The minimum atomic E-state index is -0.350. The van der Waals surface area contributed by atoms with Crippen LogP contribution in [0.5, 0.6) is 11.5 Å². The highest BCUT2D eigenvalue weighted by molar-refractivity contribution is 7.80. The van der Waals surface area contributed by atoms with E-state index in [-0.39, 0.29) is 11.0 Å². The second-order valence-electron chi connectivity index (χ2n) is 5.72. The normalized spacial score (nSPS) is 10.1. The third kappa shape index (κ3) is 5.85. The van der Waals surface area contributed by atoms with Crippen molar-refractivity contribution in [2.45, 2.75) is 6.54 Å². The average Bonchev–Trinajstić information content (AvgIpc) is 3.24. The monoisotopic (exact) mass is 396 g/mol. The topological polar surface area (TPSA) is 72.7 Å². The van der Waals surface area contributed by atoms with E-state index in [1.165, 1.54) is 0 Å². The van der Waals surface area contributed by atoms with Crippen LogP contribution in [0.1, 0.15) is 16.1 Å². The van der Waals surface area contributed by atoms with Crippen LogP contribution in [0.3, 0.4) is 0 Å². The molecule has 3 aromatic rings. The molecule has 1 aromatic heterocycles. The number of carbonyl (C=O) groups is 1. The number of furan rings is 1. The van der Waals surface area contributed by atoms with Gasteiger partial charge in [0.25, 0.3) is 5.91 Å². The molecule has 1 heterocycles. The van der Waals surface area contributed by atoms with Gasteiger partial charge < -0.3 is 19.2 Å². The maximum atomic E-state index is 12.5. The van der Waals surface area contributed by atoms with E-state index in [9.17, 15) is 4.79 Å². The Morgan fingerprint density at radius 3 is 2.46 bits per heavy atom. The predicted molar refractivity (Wildman–Crippen MR) is 109 cm³/mol. The van der Waals surface area contributed by atoms with E-state index >= 15 is 0 Å². The fourth-order valence-corrected chi connectivity index (χ4v) is 2.57. The van der Waals surface area contributed by atoms with Crippen LogP contribution in [0.25, 0.3) is 0 Å². The summed E-state index contributed by atoms with van der Waals surface area (Å²) in [6.07, 6.45) is 1.58. The minimum absolute atomic E-state index is 0.212. The molecule has 0 fully saturated rings. The molecule has 7 heteroatoms. The molecule has 6 nitrogen and oxygen atoms in total. The third-order valence-electron chi connectivity index (χ3n) is 3.71. The number of thiocarbonyl (C=S) groups is 1. The summed E-state index contributed by atoms with van der Waals surface area (Å²) in [6.45, 7) is 1.06. The first-order valence-corrected chi connectivity index (χ1v) is 9.14. The molecule has 0 aliphatic heterocycles. The van der Waals surface area contributed by atoms with Crippen LogP contribution in [0.15, 0.2) is 77.4 Å². The zero-order valence-corrected chi connectivity index (χ0v) is 15.9. The lowest BCUT2D eigenvalue weighted by Gasteiger charge is -2.13. The summed E-state index contributed by atoms with van der Waals surface area (Å²) in [5, 5.41) is 5.78. The van der Waals surface area contributed by atoms with Gasteiger partial charge in [-0.3, -0.25) is 10.1 Å². The third-order valence-corrected chi connectivity index (χ3v) is 3.96. The number of para-hydroxylation sites is 2. The Morgan fingerprint density at radius 2 is 1.68 bits per heavy atom. The smallest absolute Gasteiger partial charge is 0.261 e. The fourth-order valence-electron chi connectivity index (χ4n) is 2.40. The van der Waals surface area contributed by atoms with Crippen LogP contribution in [0.2, 0.25) is 0 Å². The Labute approximate surface area is 168 Å². The van der Waals surface area contributed by atoms with Crippen molar-refractivity contribution in [1.82, 2.24) is 10.6 Å². The molecule has 0 spiro atoms. The van der Waals surface area contributed by atoms with Gasteiger partial charge in [0, 0.05) is 0 Å². The summed E-state index contributed by atoms with van der Waals surface area (Å²) in [5.41, 5.74) is 0.393. The number of hydrogen-bond donors (Lipinski definition) is 2. The van der Waals surface area contributed by atoms with Crippen LogP contribution in [0.4, 0.5) is 0 Å². The number of amides is 1. The highest BCUT2D eigenvalue weighted by Crippen LogP contribution is 2.18. The number of benzene rings is 2. The Kier molecular flexibility index (Phi) is 7.03. The number of rotatable bonds is 8. The van der Waals surface area contributed by atoms with E-state index in [1.807, 2.05) is 36.4 Å². The second kappa shape index (κ2) is 10.1. The maximum Gasteiger partial charge on any atom is 0.261 e. The molecule has 0 saturated heterocycles. The van der Waals surface area contributed by atoms with E-state index < -0.39 is 0 Å². The second-order valence-corrected chi connectivity index (χ2v) is 6.13. The van der Waals surface area contributed by atoms with Crippen molar-refractivity contribution in [2.75, 3.05) is 13.2 Å². The molecule has 28 heavy (non-hydrogen) atoms. The molecule has 0 saturated carbocycles. The lowest BCUT2D eigenvalue weighted by Crippen LogP contribution is -2.39. The van der Waals surface area contributed by atoms with Crippen LogP contribution in [-0.2, 0) is 6.54 Å². The van der Waals surface area contributed by atoms with Crippen molar-refractivity contribution in [2.24, 2.45) is 0 Å². The lowest BCUT2D eigenvalue weighted by atomic mass is 10.2. The van der Waals surface area contributed by atoms with Crippen molar-refractivity contribution < 1.29 is 18.7 Å². The molecule has 2 aromatic carbocycles. The van der Waals surface area contributed by atoms with Gasteiger partial charge in [0.05, 0.1) is 18.4 Å². The van der Waals surface area contributed by atoms with E-state index in [0.29, 0.717) is 31.1 Å². The summed E-state index contributed by atoms with van der Waals surface area (Å²) in [4.78, 5) is 12.5. The van der Waals surface area contributed by atoms with E-state index in [4.69, 9.17) is 26.1 Å². The van der Waals surface area contributed by atoms with Crippen molar-refractivity contribution in [3.63, 3.8) is 0 Å². The Hall–Kier alpha value is -3.32. The van der Waals surface area contributed by atoms with Crippen LogP contribution in [0, 0.1) is 0 Å². The molecule has 0 aliphatic rings. The van der Waals surface area contributed by atoms with E-state index in [1.54, 1.807) is 36.6 Å². The summed E-state index contributed by atoms with van der Waals surface area (Å²) in [6, 6.07) is 20.1. The van der Waals surface area contributed by atoms with Gasteiger partial charge in [-0.1, -0.05) is 30.3 Å². The van der Waals surface area contributed by atoms with Crippen molar-refractivity contribution >= 4 is 23.2 Å². The van der Waals surface area contributed by atoms with Crippen molar-refractivity contribution in [3.05, 3.63) is 84.3 Å². The van der Waals surface area contributed by atoms with Gasteiger partial charge in [-0.05, 0) is 48.6 Å². The van der Waals surface area contributed by atoms with E-state index in [2.05, 4.69) is 10.6 Å². The summed E-state index contributed by atoms with van der Waals surface area (Å²) >= 11 is 5.16. The van der Waals surface area contributed by atoms with Gasteiger partial charge in [0.15, 0.2) is 5.11 Å². The van der Waals surface area contributed by atoms with Gasteiger partial charge in [-0.2, -0.15) is 0 Å². The average molecular weight is 396 g/mol. The van der Waals surface area contributed by atoms with Gasteiger partial charge in [0.1, 0.15) is 30.5 Å². The first-order valence-electron chi connectivity index (χ1n) is 8.73. The number of carbonyl (C=O) groups excluding carboxylic acids is 1.